The van der Waals surface area contributed by atoms with Crippen molar-refractivity contribution in [3.05, 3.63) is 40.0 Å². The molecule has 24 heavy (non-hydrogen) atoms. The van der Waals surface area contributed by atoms with Crippen LogP contribution in [-0.4, -0.2) is 33.1 Å². The lowest BCUT2D eigenvalue weighted by Gasteiger charge is -2.19. The van der Waals surface area contributed by atoms with Gasteiger partial charge in [0.05, 0.1) is 16.2 Å². The fraction of sp³-hybridized carbons (Fsp3) is 0.312. The van der Waals surface area contributed by atoms with Crippen LogP contribution in [0, 0.1) is 0 Å². The van der Waals surface area contributed by atoms with E-state index in [-0.39, 0.29) is 0 Å². The van der Waals surface area contributed by atoms with Gasteiger partial charge in [-0.1, -0.05) is 11.6 Å². The molecule has 0 spiro atoms. The van der Waals surface area contributed by atoms with Crippen molar-refractivity contribution in [3.63, 3.8) is 0 Å². The van der Waals surface area contributed by atoms with E-state index in [1.807, 2.05) is 12.1 Å². The maximum atomic E-state index is 6.10. The highest BCUT2D eigenvalue weighted by Crippen LogP contribution is 2.38. The van der Waals surface area contributed by atoms with Gasteiger partial charge in [0.25, 0.3) is 0 Å². The summed E-state index contributed by atoms with van der Waals surface area (Å²) in [6.45, 7) is 1.54. The van der Waals surface area contributed by atoms with Gasteiger partial charge in [-0.3, -0.25) is 0 Å². The molecule has 3 aromatic rings. The van der Waals surface area contributed by atoms with Crippen molar-refractivity contribution in [2.45, 2.75) is 18.8 Å². The molecule has 2 aromatic heterocycles. The highest BCUT2D eigenvalue weighted by molar-refractivity contribution is 9.10. The van der Waals surface area contributed by atoms with E-state index >= 15 is 0 Å². The Kier molecular flexibility index (Phi) is 4.39. The Bertz CT molecular complexity index is 880. The number of imidazole rings is 1. The van der Waals surface area contributed by atoms with E-state index in [0.29, 0.717) is 22.6 Å². The number of benzene rings is 1. The molecule has 1 fully saturated rings. The Morgan fingerprint density at radius 3 is 2.92 bits per heavy atom. The highest BCUT2D eigenvalue weighted by Gasteiger charge is 2.21. The number of ether oxygens (including phenoxy) is 2. The molecular formula is C16H14BrClN4O2. The molecule has 0 amide bonds. The summed E-state index contributed by atoms with van der Waals surface area (Å²) < 4.78 is 12.1. The number of nitrogens with one attached hydrogen (secondary N) is 1. The number of hydrogen-bond donors (Lipinski definition) is 1. The third-order valence-corrected chi connectivity index (χ3v) is 4.90. The van der Waals surface area contributed by atoms with Crippen LogP contribution in [0.2, 0.25) is 5.02 Å². The van der Waals surface area contributed by atoms with Crippen LogP contribution in [-0.2, 0) is 4.74 Å². The first-order valence-corrected chi connectivity index (χ1v) is 8.78. The summed E-state index contributed by atoms with van der Waals surface area (Å²) in [5.74, 6) is 2.23. The van der Waals surface area contributed by atoms with Crippen LogP contribution in [0.4, 0.5) is 0 Å². The van der Waals surface area contributed by atoms with E-state index < -0.39 is 0 Å². The zero-order chi connectivity index (χ0) is 16.5. The molecule has 8 heteroatoms. The monoisotopic (exact) mass is 408 g/mol. The molecule has 0 saturated carbocycles. The summed E-state index contributed by atoms with van der Waals surface area (Å²) in [6.07, 6.45) is 4.83. The first-order chi connectivity index (χ1) is 11.7. The zero-order valence-electron chi connectivity index (χ0n) is 12.6. The van der Waals surface area contributed by atoms with Crippen LogP contribution in [0.5, 0.6) is 11.6 Å². The van der Waals surface area contributed by atoms with E-state index in [9.17, 15) is 0 Å². The maximum Gasteiger partial charge on any atom is 0.241 e. The highest BCUT2D eigenvalue weighted by atomic mass is 79.9. The third-order valence-electron chi connectivity index (χ3n) is 4.02. The first kappa shape index (κ1) is 15.8. The minimum atomic E-state index is 0.301. The van der Waals surface area contributed by atoms with Gasteiger partial charge in [-0.05, 0) is 40.9 Å². The van der Waals surface area contributed by atoms with Gasteiger partial charge < -0.3 is 14.5 Å². The lowest BCUT2D eigenvalue weighted by atomic mass is 10.00. The van der Waals surface area contributed by atoms with Crippen molar-refractivity contribution in [3.8, 4) is 11.6 Å². The second-order valence-electron chi connectivity index (χ2n) is 5.56. The summed E-state index contributed by atoms with van der Waals surface area (Å²) in [5.41, 5.74) is 1.67. The zero-order valence-corrected chi connectivity index (χ0v) is 15.0. The van der Waals surface area contributed by atoms with Crippen molar-refractivity contribution < 1.29 is 9.47 Å². The van der Waals surface area contributed by atoms with Gasteiger partial charge in [-0.2, -0.15) is 0 Å². The van der Waals surface area contributed by atoms with Gasteiger partial charge >= 0.3 is 0 Å². The summed E-state index contributed by atoms with van der Waals surface area (Å²) in [5, 5.41) is 0.349. The number of aromatic nitrogens is 4. The van der Waals surface area contributed by atoms with Crippen LogP contribution in [0.1, 0.15) is 24.6 Å². The van der Waals surface area contributed by atoms with Gasteiger partial charge in [0.1, 0.15) is 22.7 Å². The molecule has 1 saturated heterocycles. The number of hydrogen-bond acceptors (Lipinski definition) is 5. The maximum absolute atomic E-state index is 6.10. The Hall–Kier alpha value is -1.70. The topological polar surface area (TPSA) is 72.9 Å². The minimum Gasteiger partial charge on any atom is -0.434 e. The Morgan fingerprint density at radius 1 is 1.29 bits per heavy atom. The Morgan fingerprint density at radius 2 is 2.12 bits per heavy atom. The Labute approximate surface area is 151 Å². The van der Waals surface area contributed by atoms with Crippen molar-refractivity contribution in [2.75, 3.05) is 13.2 Å². The summed E-state index contributed by atoms with van der Waals surface area (Å²) in [7, 11) is 0. The van der Waals surface area contributed by atoms with Gasteiger partial charge in [0, 0.05) is 19.1 Å². The van der Waals surface area contributed by atoms with Crippen LogP contribution < -0.4 is 4.74 Å². The van der Waals surface area contributed by atoms with E-state index in [1.54, 1.807) is 0 Å². The molecule has 0 bridgehead atoms. The van der Waals surface area contributed by atoms with Crippen molar-refractivity contribution in [1.82, 2.24) is 19.9 Å². The van der Waals surface area contributed by atoms with Crippen LogP contribution in [0.15, 0.2) is 29.1 Å². The predicted octanol–water partition coefficient (Wildman–Crippen LogP) is 4.46. The van der Waals surface area contributed by atoms with Gasteiger partial charge in [0.2, 0.25) is 5.88 Å². The SMILES string of the molecule is Clc1cncnc1Oc1c(Br)ccc2[nH]c(C3CCOCC3)nc12. The average Bonchev–Trinajstić information content (AvgIpc) is 3.04. The van der Waals surface area contributed by atoms with E-state index in [0.717, 1.165) is 47.4 Å². The molecule has 0 aliphatic carbocycles. The molecule has 1 N–H and O–H groups in total. The Balaban J connectivity index is 1.75. The largest absolute Gasteiger partial charge is 0.434 e. The first-order valence-electron chi connectivity index (χ1n) is 7.61. The fourth-order valence-electron chi connectivity index (χ4n) is 2.78. The molecule has 0 radical (unpaired) electrons. The fourth-order valence-corrected chi connectivity index (χ4v) is 3.32. The van der Waals surface area contributed by atoms with Crippen molar-refractivity contribution >= 4 is 38.6 Å². The van der Waals surface area contributed by atoms with Crippen LogP contribution >= 0.6 is 27.5 Å². The summed E-state index contributed by atoms with van der Waals surface area (Å²) in [6, 6.07) is 3.89. The summed E-state index contributed by atoms with van der Waals surface area (Å²) in [4.78, 5) is 16.1. The molecule has 1 aromatic carbocycles. The molecule has 0 unspecified atom stereocenters. The quantitative estimate of drug-likeness (QED) is 0.691. The minimum absolute atomic E-state index is 0.301. The number of halogens is 2. The molecule has 1 aliphatic rings. The van der Waals surface area contributed by atoms with Crippen LogP contribution in [0.25, 0.3) is 11.0 Å². The standard InChI is InChI=1S/C16H14BrClN4O2/c17-10-1-2-12-13(14(10)24-16-11(18)7-19-8-20-16)22-15(21-12)9-3-5-23-6-4-9/h1-2,7-9H,3-6H2,(H,21,22). The van der Waals surface area contributed by atoms with Gasteiger partial charge in [-0.15, -0.1) is 0 Å². The molecule has 1 aliphatic heterocycles. The lowest BCUT2D eigenvalue weighted by molar-refractivity contribution is 0.0838. The smallest absolute Gasteiger partial charge is 0.241 e. The molecule has 0 atom stereocenters. The second-order valence-corrected chi connectivity index (χ2v) is 6.82. The number of aromatic amines is 1. The second kappa shape index (κ2) is 6.66. The van der Waals surface area contributed by atoms with Crippen LogP contribution in [0.3, 0.4) is 0 Å². The molecule has 4 rings (SSSR count). The molecule has 124 valence electrons. The number of rotatable bonds is 3. The van der Waals surface area contributed by atoms with E-state index in [2.05, 4.69) is 30.9 Å². The summed E-state index contributed by atoms with van der Waals surface area (Å²) >= 11 is 9.62. The van der Waals surface area contributed by atoms with Gasteiger partial charge in [-0.25, -0.2) is 15.0 Å². The lowest BCUT2D eigenvalue weighted by Crippen LogP contribution is -2.15. The van der Waals surface area contributed by atoms with E-state index in [1.165, 1.54) is 12.5 Å². The van der Waals surface area contributed by atoms with Gasteiger partial charge in [0.15, 0.2) is 5.75 Å². The van der Waals surface area contributed by atoms with Crippen molar-refractivity contribution in [1.29, 1.82) is 0 Å². The molecule has 6 nitrogen and oxygen atoms in total. The molecular weight excluding hydrogens is 396 g/mol. The predicted molar refractivity (Wildman–Crippen MR) is 93.7 cm³/mol. The third kappa shape index (κ3) is 2.99. The average molecular weight is 410 g/mol. The number of fused-ring (bicyclic) bond motifs is 1. The molecule has 3 heterocycles. The number of nitrogens with zero attached hydrogens (tertiary/aromatic N) is 3. The normalized spacial score (nSPS) is 15.8. The number of H-pyrrole nitrogens is 1. The van der Waals surface area contributed by atoms with Crippen molar-refractivity contribution in [2.24, 2.45) is 0 Å². The van der Waals surface area contributed by atoms with E-state index in [4.69, 9.17) is 26.1 Å².